The van der Waals surface area contributed by atoms with E-state index in [1.54, 1.807) is 12.1 Å². The Labute approximate surface area is 122 Å². The van der Waals surface area contributed by atoms with E-state index < -0.39 is 10.0 Å². The standard InChI is InChI=1S/C15H24N2O2S/c1-11-5-6-13(20(18,19)16-4)9-14(11)17-12-7-8-15(2,3)10-12/h5-6,9,12,16-17H,7-8,10H2,1-4H3. The van der Waals surface area contributed by atoms with E-state index in [1.807, 2.05) is 13.0 Å². The van der Waals surface area contributed by atoms with Gasteiger partial charge in [-0.1, -0.05) is 19.9 Å². The summed E-state index contributed by atoms with van der Waals surface area (Å²) in [6.45, 7) is 6.56. The summed E-state index contributed by atoms with van der Waals surface area (Å²) in [5.74, 6) is 0. The van der Waals surface area contributed by atoms with Crippen molar-refractivity contribution >= 4 is 15.7 Å². The van der Waals surface area contributed by atoms with Crippen LogP contribution in [0, 0.1) is 12.3 Å². The van der Waals surface area contributed by atoms with Crippen LogP contribution in [-0.2, 0) is 10.0 Å². The number of nitrogens with one attached hydrogen (secondary N) is 2. The van der Waals surface area contributed by atoms with Crippen LogP contribution in [0.15, 0.2) is 23.1 Å². The highest BCUT2D eigenvalue weighted by atomic mass is 32.2. The third kappa shape index (κ3) is 3.33. The minimum atomic E-state index is -3.38. The molecule has 20 heavy (non-hydrogen) atoms. The summed E-state index contributed by atoms with van der Waals surface area (Å²) in [7, 11) is -1.95. The van der Waals surface area contributed by atoms with Gasteiger partial charge in [0.05, 0.1) is 4.90 Å². The molecule has 1 aliphatic carbocycles. The second kappa shape index (κ2) is 5.37. The lowest BCUT2D eigenvalue weighted by Crippen LogP contribution is -2.20. The van der Waals surface area contributed by atoms with Gasteiger partial charge in [0.15, 0.2) is 0 Å². The quantitative estimate of drug-likeness (QED) is 0.898. The number of sulfonamides is 1. The van der Waals surface area contributed by atoms with Crippen molar-refractivity contribution in [2.75, 3.05) is 12.4 Å². The van der Waals surface area contributed by atoms with E-state index in [1.165, 1.54) is 13.5 Å². The SMILES string of the molecule is CNS(=O)(=O)c1ccc(C)c(NC2CCC(C)(C)C2)c1. The van der Waals surface area contributed by atoms with Crippen LogP contribution in [0.4, 0.5) is 5.69 Å². The minimum Gasteiger partial charge on any atom is -0.382 e. The summed E-state index contributed by atoms with van der Waals surface area (Å²) in [6, 6.07) is 5.65. The second-order valence-electron chi connectivity index (χ2n) is 6.43. The molecule has 4 nitrogen and oxygen atoms in total. The molecule has 5 heteroatoms. The van der Waals surface area contributed by atoms with Gasteiger partial charge in [-0.2, -0.15) is 0 Å². The van der Waals surface area contributed by atoms with Gasteiger partial charge >= 0.3 is 0 Å². The Morgan fingerprint density at radius 2 is 2.00 bits per heavy atom. The van der Waals surface area contributed by atoms with Crippen molar-refractivity contribution in [2.24, 2.45) is 5.41 Å². The van der Waals surface area contributed by atoms with Crippen LogP contribution >= 0.6 is 0 Å². The Morgan fingerprint density at radius 3 is 2.55 bits per heavy atom. The van der Waals surface area contributed by atoms with Crippen LogP contribution in [-0.4, -0.2) is 21.5 Å². The van der Waals surface area contributed by atoms with E-state index in [0.29, 0.717) is 16.4 Å². The fraction of sp³-hybridized carbons (Fsp3) is 0.600. The third-order valence-corrected chi connectivity index (χ3v) is 5.53. The molecule has 1 atom stereocenters. The molecule has 0 bridgehead atoms. The van der Waals surface area contributed by atoms with Gasteiger partial charge in [-0.15, -0.1) is 0 Å². The number of rotatable bonds is 4. The summed E-state index contributed by atoms with van der Waals surface area (Å²) in [5, 5.41) is 3.51. The minimum absolute atomic E-state index is 0.311. The topological polar surface area (TPSA) is 58.2 Å². The maximum absolute atomic E-state index is 11.9. The smallest absolute Gasteiger partial charge is 0.240 e. The molecular formula is C15H24N2O2S. The van der Waals surface area contributed by atoms with E-state index in [-0.39, 0.29) is 0 Å². The first kappa shape index (κ1) is 15.3. The van der Waals surface area contributed by atoms with E-state index >= 15 is 0 Å². The maximum atomic E-state index is 11.9. The van der Waals surface area contributed by atoms with Gasteiger partial charge in [-0.25, -0.2) is 13.1 Å². The highest BCUT2D eigenvalue weighted by molar-refractivity contribution is 7.89. The number of hydrogen-bond donors (Lipinski definition) is 2. The van der Waals surface area contributed by atoms with Gasteiger partial charge in [0.25, 0.3) is 0 Å². The number of anilines is 1. The first-order chi connectivity index (χ1) is 9.23. The molecule has 1 saturated carbocycles. The number of benzene rings is 1. The van der Waals surface area contributed by atoms with Crippen molar-refractivity contribution in [1.29, 1.82) is 0 Å². The lowest BCUT2D eigenvalue weighted by molar-refractivity contribution is 0.378. The molecule has 112 valence electrons. The van der Waals surface area contributed by atoms with Crippen molar-refractivity contribution in [3.63, 3.8) is 0 Å². The second-order valence-corrected chi connectivity index (χ2v) is 8.32. The Bertz CT molecular complexity index is 594. The average molecular weight is 296 g/mol. The van der Waals surface area contributed by atoms with Crippen molar-refractivity contribution in [3.05, 3.63) is 23.8 Å². The fourth-order valence-corrected chi connectivity index (χ4v) is 3.58. The van der Waals surface area contributed by atoms with E-state index in [0.717, 1.165) is 24.1 Å². The highest BCUT2D eigenvalue weighted by Crippen LogP contribution is 2.38. The predicted molar refractivity (Wildman–Crippen MR) is 82.5 cm³/mol. The third-order valence-electron chi connectivity index (χ3n) is 4.12. The maximum Gasteiger partial charge on any atom is 0.240 e. The summed E-state index contributed by atoms with van der Waals surface area (Å²) in [6.07, 6.45) is 3.46. The summed E-state index contributed by atoms with van der Waals surface area (Å²) in [5.41, 5.74) is 2.37. The first-order valence-corrected chi connectivity index (χ1v) is 8.53. The van der Waals surface area contributed by atoms with Crippen LogP contribution in [0.3, 0.4) is 0 Å². The Balaban J connectivity index is 2.22. The lowest BCUT2D eigenvalue weighted by Gasteiger charge is -2.20. The molecule has 0 spiro atoms. The molecule has 1 aromatic rings. The van der Waals surface area contributed by atoms with Crippen molar-refractivity contribution in [1.82, 2.24) is 4.72 Å². The van der Waals surface area contributed by atoms with E-state index in [4.69, 9.17) is 0 Å². The van der Waals surface area contributed by atoms with Gasteiger partial charge in [0.1, 0.15) is 0 Å². The molecule has 0 radical (unpaired) electrons. The van der Waals surface area contributed by atoms with Crippen LogP contribution < -0.4 is 10.0 Å². The molecule has 1 aromatic carbocycles. The normalized spacial score (nSPS) is 21.9. The number of aryl methyl sites for hydroxylation is 1. The van der Waals surface area contributed by atoms with Gasteiger partial charge in [0, 0.05) is 11.7 Å². The molecule has 0 saturated heterocycles. The largest absolute Gasteiger partial charge is 0.382 e. The van der Waals surface area contributed by atoms with E-state index in [9.17, 15) is 8.42 Å². The molecule has 1 aliphatic rings. The first-order valence-electron chi connectivity index (χ1n) is 7.04. The zero-order valence-corrected chi connectivity index (χ0v) is 13.5. The molecule has 1 unspecified atom stereocenters. The van der Waals surface area contributed by atoms with Crippen molar-refractivity contribution in [2.45, 2.75) is 51.0 Å². The van der Waals surface area contributed by atoms with Gasteiger partial charge < -0.3 is 5.32 Å². The summed E-state index contributed by atoms with van der Waals surface area (Å²) in [4.78, 5) is 0.311. The lowest BCUT2D eigenvalue weighted by atomic mass is 9.92. The van der Waals surface area contributed by atoms with Gasteiger partial charge in [-0.3, -0.25) is 0 Å². The zero-order chi connectivity index (χ0) is 15.0. The molecular weight excluding hydrogens is 272 g/mol. The molecule has 2 N–H and O–H groups in total. The van der Waals surface area contributed by atoms with Gasteiger partial charge in [-0.05, 0) is 56.3 Å². The van der Waals surface area contributed by atoms with E-state index in [2.05, 4.69) is 23.9 Å². The van der Waals surface area contributed by atoms with Crippen LogP contribution in [0.1, 0.15) is 38.7 Å². The van der Waals surface area contributed by atoms with Crippen LogP contribution in [0.5, 0.6) is 0 Å². The highest BCUT2D eigenvalue weighted by Gasteiger charge is 2.31. The molecule has 0 amide bonds. The van der Waals surface area contributed by atoms with Crippen molar-refractivity contribution < 1.29 is 8.42 Å². The van der Waals surface area contributed by atoms with Gasteiger partial charge in [0.2, 0.25) is 10.0 Å². The average Bonchev–Trinajstić information content (AvgIpc) is 2.71. The predicted octanol–water partition coefficient (Wildman–Crippen LogP) is 2.89. The molecule has 1 fully saturated rings. The Hall–Kier alpha value is -1.07. The molecule has 0 aliphatic heterocycles. The summed E-state index contributed by atoms with van der Waals surface area (Å²) >= 11 is 0. The van der Waals surface area contributed by atoms with Crippen molar-refractivity contribution in [3.8, 4) is 0 Å². The number of hydrogen-bond acceptors (Lipinski definition) is 3. The molecule has 0 heterocycles. The monoisotopic (exact) mass is 296 g/mol. The Morgan fingerprint density at radius 1 is 1.30 bits per heavy atom. The fourth-order valence-electron chi connectivity index (χ4n) is 2.82. The molecule has 2 rings (SSSR count). The molecule has 0 aromatic heterocycles. The van der Waals surface area contributed by atoms with Crippen LogP contribution in [0.25, 0.3) is 0 Å². The zero-order valence-electron chi connectivity index (χ0n) is 12.7. The van der Waals surface area contributed by atoms with Crippen LogP contribution in [0.2, 0.25) is 0 Å². The summed E-state index contributed by atoms with van der Waals surface area (Å²) < 4.78 is 26.1. The Kier molecular flexibility index (Phi) is 4.12.